The molecule has 4 heterocycles. The zero-order valence-corrected chi connectivity index (χ0v) is 16.9. The second-order valence-electron chi connectivity index (χ2n) is 7.43. The van der Waals surface area contributed by atoms with E-state index in [-0.39, 0.29) is 18.0 Å². The fourth-order valence-electron chi connectivity index (χ4n) is 3.74. The van der Waals surface area contributed by atoms with E-state index in [9.17, 15) is 9.59 Å². The Labute approximate surface area is 175 Å². The van der Waals surface area contributed by atoms with Gasteiger partial charge < -0.3 is 29.6 Å². The maximum Gasteiger partial charge on any atom is 0.317 e. The number of nitrogens with one attached hydrogen (secondary N) is 2. The lowest BCUT2D eigenvalue weighted by atomic mass is 10.2. The Hall–Kier alpha value is -3.07. The van der Waals surface area contributed by atoms with Crippen LogP contribution in [-0.2, 0) is 11.3 Å². The van der Waals surface area contributed by atoms with Crippen LogP contribution in [0.4, 0.5) is 10.6 Å². The summed E-state index contributed by atoms with van der Waals surface area (Å²) in [6.45, 7) is 3.96. The van der Waals surface area contributed by atoms with Crippen molar-refractivity contribution in [1.82, 2.24) is 20.5 Å². The summed E-state index contributed by atoms with van der Waals surface area (Å²) in [5, 5.41) is 5.83. The molecule has 0 aliphatic carbocycles. The van der Waals surface area contributed by atoms with Crippen molar-refractivity contribution in [2.24, 2.45) is 0 Å². The lowest BCUT2D eigenvalue weighted by Crippen LogP contribution is -2.52. The smallest absolute Gasteiger partial charge is 0.317 e. The third-order valence-electron chi connectivity index (χ3n) is 5.41. The molecule has 0 spiro atoms. The van der Waals surface area contributed by atoms with Crippen molar-refractivity contribution in [2.45, 2.75) is 25.5 Å². The van der Waals surface area contributed by atoms with Crippen molar-refractivity contribution < 1.29 is 18.7 Å². The monoisotopic (exact) mass is 413 g/mol. The molecule has 0 aromatic carbocycles. The number of anilines is 1. The molecule has 9 heteroatoms. The Morgan fingerprint density at radius 1 is 1.13 bits per heavy atom. The summed E-state index contributed by atoms with van der Waals surface area (Å²) in [7, 11) is 0. The van der Waals surface area contributed by atoms with Crippen LogP contribution in [0.25, 0.3) is 0 Å². The normalized spacial score (nSPS) is 19.0. The van der Waals surface area contributed by atoms with Gasteiger partial charge in [0.1, 0.15) is 11.6 Å². The van der Waals surface area contributed by atoms with E-state index in [1.165, 1.54) is 0 Å². The molecule has 4 rings (SSSR count). The number of urea groups is 1. The molecule has 0 unspecified atom stereocenters. The lowest BCUT2D eigenvalue weighted by molar-refractivity contribution is 0.0857. The van der Waals surface area contributed by atoms with Gasteiger partial charge in [0.05, 0.1) is 24.5 Å². The number of amides is 3. The fraction of sp³-hybridized carbons (Fsp3) is 0.476. The van der Waals surface area contributed by atoms with Gasteiger partial charge in [0.2, 0.25) is 0 Å². The average molecular weight is 413 g/mol. The molecule has 9 nitrogen and oxygen atoms in total. The van der Waals surface area contributed by atoms with E-state index in [1.807, 2.05) is 6.07 Å². The summed E-state index contributed by atoms with van der Waals surface area (Å²) < 4.78 is 10.8. The first-order valence-electron chi connectivity index (χ1n) is 10.4. The van der Waals surface area contributed by atoms with E-state index in [0.29, 0.717) is 56.4 Å². The molecule has 30 heavy (non-hydrogen) atoms. The molecule has 0 radical (unpaired) electrons. The zero-order chi connectivity index (χ0) is 20.8. The van der Waals surface area contributed by atoms with Crippen molar-refractivity contribution >= 4 is 17.8 Å². The van der Waals surface area contributed by atoms with Crippen LogP contribution >= 0.6 is 0 Å². The van der Waals surface area contributed by atoms with Crippen LogP contribution in [0.3, 0.4) is 0 Å². The van der Waals surface area contributed by atoms with Gasteiger partial charge >= 0.3 is 6.03 Å². The number of carbonyl (C=O) groups excluding carboxylic acids is 2. The predicted octanol–water partition coefficient (Wildman–Crippen LogP) is 1.62. The first-order chi connectivity index (χ1) is 14.7. The van der Waals surface area contributed by atoms with Crippen LogP contribution in [0.15, 0.2) is 41.1 Å². The summed E-state index contributed by atoms with van der Waals surface area (Å²) in [5.41, 5.74) is 0.547. The van der Waals surface area contributed by atoms with E-state index in [2.05, 4.69) is 20.5 Å². The summed E-state index contributed by atoms with van der Waals surface area (Å²) >= 11 is 0. The third kappa shape index (κ3) is 4.91. The molecule has 0 saturated carbocycles. The van der Waals surface area contributed by atoms with Gasteiger partial charge in [-0.3, -0.25) is 4.79 Å². The van der Waals surface area contributed by atoms with Crippen LogP contribution in [0.2, 0.25) is 0 Å². The molecular formula is C21H27N5O4. The highest BCUT2D eigenvalue weighted by molar-refractivity contribution is 5.99. The molecule has 2 aliphatic heterocycles. The van der Waals surface area contributed by atoms with Crippen molar-refractivity contribution in [3.8, 4) is 0 Å². The van der Waals surface area contributed by atoms with E-state index < -0.39 is 0 Å². The van der Waals surface area contributed by atoms with Gasteiger partial charge in [-0.25, -0.2) is 9.78 Å². The molecule has 2 saturated heterocycles. The van der Waals surface area contributed by atoms with Gasteiger partial charge in [0.25, 0.3) is 5.91 Å². The Bertz CT molecular complexity index is 843. The standard InChI is InChI=1S/C21H27N5O4/c27-20(23-14-16-4-2-12-29-16)18-6-1-7-22-19(18)25-8-10-26(11-9-25)21(28)24-15-17-5-3-13-30-17/h1,3,5-7,13,16H,2,4,8-12,14-15H2,(H,23,27)(H,24,28)/t16-/m0/s1. The van der Waals surface area contributed by atoms with Crippen LogP contribution in [0.1, 0.15) is 29.0 Å². The number of carbonyl (C=O) groups is 2. The number of furan rings is 1. The number of hydrogen-bond acceptors (Lipinski definition) is 6. The number of hydrogen-bond donors (Lipinski definition) is 2. The van der Waals surface area contributed by atoms with E-state index >= 15 is 0 Å². The Morgan fingerprint density at radius 2 is 2.00 bits per heavy atom. The summed E-state index contributed by atoms with van der Waals surface area (Å²) in [6, 6.07) is 7.05. The summed E-state index contributed by atoms with van der Waals surface area (Å²) in [5.74, 6) is 1.22. The number of pyridine rings is 1. The number of aromatic nitrogens is 1. The van der Waals surface area contributed by atoms with Crippen LogP contribution in [-0.4, -0.2) is 67.3 Å². The van der Waals surface area contributed by atoms with E-state index in [4.69, 9.17) is 9.15 Å². The minimum Gasteiger partial charge on any atom is -0.467 e. The molecule has 2 aromatic heterocycles. The van der Waals surface area contributed by atoms with Crippen molar-refractivity contribution in [3.63, 3.8) is 0 Å². The SMILES string of the molecule is O=C(NC[C@@H]1CCCO1)c1cccnc1N1CCN(C(=O)NCc2ccco2)CC1. The van der Waals surface area contributed by atoms with Gasteiger partial charge in [0, 0.05) is 45.5 Å². The predicted molar refractivity (Wildman–Crippen MR) is 110 cm³/mol. The quantitative estimate of drug-likeness (QED) is 0.747. The van der Waals surface area contributed by atoms with Gasteiger partial charge in [-0.05, 0) is 37.1 Å². The highest BCUT2D eigenvalue weighted by atomic mass is 16.5. The Balaban J connectivity index is 1.30. The second kappa shape index (κ2) is 9.62. The number of ether oxygens (including phenoxy) is 1. The molecule has 1 atom stereocenters. The fourth-order valence-corrected chi connectivity index (χ4v) is 3.74. The van der Waals surface area contributed by atoms with E-state index in [1.54, 1.807) is 35.6 Å². The Morgan fingerprint density at radius 3 is 2.73 bits per heavy atom. The van der Waals surface area contributed by atoms with Crippen molar-refractivity contribution in [3.05, 3.63) is 48.0 Å². The average Bonchev–Trinajstić information content (AvgIpc) is 3.50. The molecule has 160 valence electrons. The lowest BCUT2D eigenvalue weighted by Gasteiger charge is -2.36. The van der Waals surface area contributed by atoms with Gasteiger partial charge in [-0.15, -0.1) is 0 Å². The van der Waals surface area contributed by atoms with Crippen LogP contribution in [0.5, 0.6) is 0 Å². The second-order valence-corrected chi connectivity index (χ2v) is 7.43. The molecule has 2 aromatic rings. The minimum absolute atomic E-state index is 0.0947. The minimum atomic E-state index is -0.146. The number of rotatable bonds is 6. The number of piperazine rings is 1. The molecule has 2 fully saturated rings. The molecule has 2 aliphatic rings. The third-order valence-corrected chi connectivity index (χ3v) is 5.41. The topological polar surface area (TPSA) is 99.9 Å². The summed E-state index contributed by atoms with van der Waals surface area (Å²) in [4.78, 5) is 33.4. The zero-order valence-electron chi connectivity index (χ0n) is 16.9. The first-order valence-corrected chi connectivity index (χ1v) is 10.4. The molecule has 3 amide bonds. The molecular weight excluding hydrogens is 386 g/mol. The van der Waals surface area contributed by atoms with Crippen LogP contribution in [0, 0.1) is 0 Å². The largest absolute Gasteiger partial charge is 0.467 e. The van der Waals surface area contributed by atoms with Gasteiger partial charge in [0.15, 0.2) is 0 Å². The molecule has 0 bridgehead atoms. The number of nitrogens with zero attached hydrogens (tertiary/aromatic N) is 3. The highest BCUT2D eigenvalue weighted by Gasteiger charge is 2.25. The Kier molecular flexibility index (Phi) is 6.48. The van der Waals surface area contributed by atoms with Crippen molar-refractivity contribution in [2.75, 3.05) is 44.2 Å². The van der Waals surface area contributed by atoms with Crippen LogP contribution < -0.4 is 15.5 Å². The van der Waals surface area contributed by atoms with Crippen molar-refractivity contribution in [1.29, 1.82) is 0 Å². The maximum atomic E-state index is 12.7. The summed E-state index contributed by atoms with van der Waals surface area (Å²) in [6.07, 6.45) is 5.38. The maximum absolute atomic E-state index is 12.7. The van der Waals surface area contributed by atoms with E-state index in [0.717, 1.165) is 19.4 Å². The van der Waals surface area contributed by atoms with Gasteiger partial charge in [-0.2, -0.15) is 0 Å². The molecule has 2 N–H and O–H groups in total. The highest BCUT2D eigenvalue weighted by Crippen LogP contribution is 2.19. The van der Waals surface area contributed by atoms with Gasteiger partial charge in [-0.1, -0.05) is 0 Å². The first kappa shape index (κ1) is 20.2.